The van der Waals surface area contributed by atoms with Gasteiger partial charge in [0.05, 0.1) is 18.2 Å². The maximum Gasteiger partial charge on any atom is 0.237 e. The van der Waals surface area contributed by atoms with Crippen LogP contribution >= 0.6 is 11.3 Å². The highest BCUT2D eigenvalue weighted by Crippen LogP contribution is 2.34. The number of fused-ring (bicyclic) bond motifs is 1. The van der Waals surface area contributed by atoms with Crippen molar-refractivity contribution in [1.82, 2.24) is 9.80 Å². The van der Waals surface area contributed by atoms with Crippen LogP contribution in [0.3, 0.4) is 0 Å². The van der Waals surface area contributed by atoms with E-state index in [1.165, 1.54) is 23.3 Å². The van der Waals surface area contributed by atoms with E-state index < -0.39 is 5.60 Å². The Kier molecular flexibility index (Phi) is 6.80. The van der Waals surface area contributed by atoms with Crippen molar-refractivity contribution in [3.05, 3.63) is 64.9 Å². The molecule has 4 rings (SSSR count). The molecule has 0 radical (unpaired) electrons. The molecule has 2 heterocycles. The Labute approximate surface area is 188 Å². The van der Waals surface area contributed by atoms with Gasteiger partial charge in [-0.25, -0.2) is 0 Å². The summed E-state index contributed by atoms with van der Waals surface area (Å²) >= 11 is 1.76. The zero-order chi connectivity index (χ0) is 21.8. The number of hydrogen-bond acceptors (Lipinski definition) is 5. The summed E-state index contributed by atoms with van der Waals surface area (Å²) in [4.78, 5) is 18.9. The molecule has 1 N–H and O–H groups in total. The number of aliphatic hydroxyl groups is 1. The van der Waals surface area contributed by atoms with Gasteiger partial charge in [-0.3, -0.25) is 9.69 Å². The Morgan fingerprint density at radius 1 is 1.35 bits per heavy atom. The highest BCUT2D eigenvalue weighted by atomic mass is 32.1. The number of ether oxygens (including phenoxy) is 1. The summed E-state index contributed by atoms with van der Waals surface area (Å²) < 4.78 is 6.07. The van der Waals surface area contributed by atoms with Crippen LogP contribution in [-0.4, -0.2) is 59.2 Å². The first kappa shape index (κ1) is 22.1. The predicted molar refractivity (Wildman–Crippen MR) is 124 cm³/mol. The molecule has 5 nitrogen and oxygen atoms in total. The normalized spacial score (nSPS) is 20.2. The van der Waals surface area contributed by atoms with E-state index in [9.17, 15) is 9.90 Å². The number of thiophene rings is 1. The van der Waals surface area contributed by atoms with E-state index in [0.29, 0.717) is 32.2 Å². The first-order valence-electron chi connectivity index (χ1n) is 11.1. The molecule has 1 amide bonds. The lowest BCUT2D eigenvalue weighted by Gasteiger charge is -2.38. The van der Waals surface area contributed by atoms with E-state index in [1.54, 1.807) is 24.3 Å². The lowest BCUT2D eigenvalue weighted by atomic mass is 10.00. The number of rotatable bonds is 10. The first-order valence-corrected chi connectivity index (χ1v) is 11.9. The fourth-order valence-electron chi connectivity index (χ4n) is 4.22. The third kappa shape index (κ3) is 5.76. The van der Waals surface area contributed by atoms with E-state index >= 15 is 0 Å². The number of carbonyl (C=O) groups is 1. The largest absolute Gasteiger partial charge is 0.491 e. The van der Waals surface area contributed by atoms with Gasteiger partial charge in [-0.15, -0.1) is 17.9 Å². The Hall–Kier alpha value is -2.15. The van der Waals surface area contributed by atoms with E-state index in [-0.39, 0.29) is 11.9 Å². The molecule has 2 aromatic rings. The number of para-hydroxylation sites is 1. The molecule has 0 unspecified atom stereocenters. The summed E-state index contributed by atoms with van der Waals surface area (Å²) in [5.41, 5.74) is 0.195. The third-order valence-electron chi connectivity index (χ3n) is 6.12. The highest BCUT2D eigenvalue weighted by molar-refractivity contribution is 7.10. The van der Waals surface area contributed by atoms with Gasteiger partial charge < -0.3 is 14.7 Å². The summed E-state index contributed by atoms with van der Waals surface area (Å²) in [6, 6.07) is 11.8. The van der Waals surface area contributed by atoms with Crippen molar-refractivity contribution in [2.75, 3.05) is 32.8 Å². The number of amides is 1. The standard InChI is InChI=1S/C25H32N2O3S/c1-3-25(2,29)18-26(15-19-9-10-19)16-24(28)27-13-11-23-21(12-14-31-23)22(27)17-30-20-7-5-4-6-8-20/h3-8,12,14,19,22,29H,1,9-11,13,15-18H2,2H3/t22-,25+/m1/s1. The molecular formula is C25H32N2O3S. The van der Waals surface area contributed by atoms with E-state index in [0.717, 1.165) is 18.7 Å². The second kappa shape index (κ2) is 9.55. The lowest BCUT2D eigenvalue weighted by Crippen LogP contribution is -2.49. The quantitative estimate of drug-likeness (QED) is 0.570. The molecule has 2 atom stereocenters. The number of hydrogen-bond donors (Lipinski definition) is 1. The SMILES string of the molecule is C=C[C@](C)(O)CN(CC(=O)N1CCc2sccc2[C@H]1COc1ccccc1)CC1CC1. The first-order chi connectivity index (χ1) is 14.9. The van der Waals surface area contributed by atoms with Crippen LogP contribution in [0.2, 0.25) is 0 Å². The molecule has 1 aliphatic heterocycles. The van der Waals surface area contributed by atoms with Crippen molar-refractivity contribution in [3.8, 4) is 5.75 Å². The summed E-state index contributed by atoms with van der Waals surface area (Å²) in [5, 5.41) is 12.6. The second-order valence-electron chi connectivity index (χ2n) is 8.95. The van der Waals surface area contributed by atoms with Gasteiger partial charge in [0.1, 0.15) is 12.4 Å². The zero-order valence-electron chi connectivity index (χ0n) is 18.2. The predicted octanol–water partition coefficient (Wildman–Crippen LogP) is 3.90. The minimum absolute atomic E-state index is 0.0922. The molecule has 1 aliphatic carbocycles. The number of benzene rings is 1. The maximum atomic E-state index is 13.5. The van der Waals surface area contributed by atoms with Gasteiger partial charge in [-0.05, 0) is 61.2 Å². The van der Waals surface area contributed by atoms with Crippen LogP contribution in [0.5, 0.6) is 5.75 Å². The fourth-order valence-corrected chi connectivity index (χ4v) is 5.14. The van der Waals surface area contributed by atoms with Crippen LogP contribution < -0.4 is 4.74 Å². The smallest absolute Gasteiger partial charge is 0.237 e. The molecule has 0 saturated heterocycles. The zero-order valence-corrected chi connectivity index (χ0v) is 19.0. The van der Waals surface area contributed by atoms with Crippen LogP contribution in [0, 0.1) is 5.92 Å². The molecule has 31 heavy (non-hydrogen) atoms. The van der Waals surface area contributed by atoms with Crippen molar-refractivity contribution >= 4 is 17.2 Å². The molecule has 6 heteroatoms. The fraction of sp³-hybridized carbons (Fsp3) is 0.480. The molecule has 0 spiro atoms. The molecule has 2 aliphatic rings. The monoisotopic (exact) mass is 440 g/mol. The van der Waals surface area contributed by atoms with E-state index in [1.807, 2.05) is 35.2 Å². The molecule has 0 bridgehead atoms. The second-order valence-corrected chi connectivity index (χ2v) is 9.95. The molecule has 1 saturated carbocycles. The van der Waals surface area contributed by atoms with Crippen molar-refractivity contribution in [1.29, 1.82) is 0 Å². The van der Waals surface area contributed by atoms with Crippen molar-refractivity contribution in [3.63, 3.8) is 0 Å². The summed E-state index contributed by atoms with van der Waals surface area (Å²) in [5.74, 6) is 1.55. The van der Waals surface area contributed by atoms with Gasteiger partial charge >= 0.3 is 0 Å². The van der Waals surface area contributed by atoms with E-state index in [2.05, 4.69) is 22.9 Å². The Balaban J connectivity index is 1.48. The van der Waals surface area contributed by atoms with Gasteiger partial charge in [0, 0.05) is 24.5 Å². The summed E-state index contributed by atoms with van der Waals surface area (Å²) in [6.45, 7) is 8.20. The average molecular weight is 441 g/mol. The number of carbonyl (C=O) groups excluding carboxylic acids is 1. The summed E-state index contributed by atoms with van der Waals surface area (Å²) in [7, 11) is 0. The van der Waals surface area contributed by atoms with Crippen molar-refractivity contribution < 1.29 is 14.6 Å². The highest BCUT2D eigenvalue weighted by Gasteiger charge is 2.35. The molecule has 1 aromatic heterocycles. The number of nitrogens with zero attached hydrogens (tertiary/aromatic N) is 2. The van der Waals surface area contributed by atoms with Gasteiger partial charge in [-0.2, -0.15) is 0 Å². The molecule has 1 aromatic carbocycles. The topological polar surface area (TPSA) is 53.0 Å². The van der Waals surface area contributed by atoms with Gasteiger partial charge in [0.2, 0.25) is 5.91 Å². The van der Waals surface area contributed by atoms with Crippen molar-refractivity contribution in [2.24, 2.45) is 5.92 Å². The Morgan fingerprint density at radius 3 is 2.84 bits per heavy atom. The molecule has 166 valence electrons. The van der Waals surface area contributed by atoms with Gasteiger partial charge in [0.25, 0.3) is 0 Å². The summed E-state index contributed by atoms with van der Waals surface area (Å²) in [6.07, 6.45) is 4.85. The van der Waals surface area contributed by atoms with Crippen molar-refractivity contribution in [2.45, 2.75) is 37.8 Å². The average Bonchev–Trinajstić information content (AvgIpc) is 3.44. The third-order valence-corrected chi connectivity index (χ3v) is 7.12. The Bertz CT molecular complexity index is 891. The molecular weight excluding hydrogens is 408 g/mol. The van der Waals surface area contributed by atoms with E-state index in [4.69, 9.17) is 4.74 Å². The van der Waals surface area contributed by atoms with Crippen LogP contribution in [0.4, 0.5) is 0 Å². The minimum Gasteiger partial charge on any atom is -0.491 e. The maximum absolute atomic E-state index is 13.5. The van der Waals surface area contributed by atoms with Crippen LogP contribution in [0.1, 0.15) is 36.2 Å². The minimum atomic E-state index is -1.01. The van der Waals surface area contributed by atoms with Crippen LogP contribution in [0.25, 0.3) is 0 Å². The molecule has 1 fully saturated rings. The lowest BCUT2D eigenvalue weighted by molar-refractivity contribution is -0.136. The van der Waals surface area contributed by atoms with Crippen LogP contribution in [-0.2, 0) is 11.2 Å². The van der Waals surface area contributed by atoms with Crippen LogP contribution in [0.15, 0.2) is 54.4 Å². The van der Waals surface area contributed by atoms with Gasteiger partial charge in [0.15, 0.2) is 0 Å². The Morgan fingerprint density at radius 2 is 2.13 bits per heavy atom. The van der Waals surface area contributed by atoms with Gasteiger partial charge in [-0.1, -0.05) is 24.3 Å².